The lowest BCUT2D eigenvalue weighted by Gasteiger charge is -2.23. The summed E-state index contributed by atoms with van der Waals surface area (Å²) in [6.07, 6.45) is 3.49. The fourth-order valence-corrected chi connectivity index (χ4v) is 2.63. The molecule has 3 unspecified atom stereocenters. The topological polar surface area (TPSA) is 52.5 Å². The van der Waals surface area contributed by atoms with Crippen LogP contribution in [0.1, 0.15) is 43.8 Å². The number of halogens is 2. The van der Waals surface area contributed by atoms with E-state index in [0.29, 0.717) is 5.56 Å². The molecule has 3 atom stereocenters. The molecule has 0 amide bonds. The van der Waals surface area contributed by atoms with Crippen LogP contribution in [0, 0.1) is 11.6 Å². The molecule has 1 aliphatic rings. The van der Waals surface area contributed by atoms with Gasteiger partial charge in [0.15, 0.2) is 11.6 Å². The number of hydrogen-bond acceptors (Lipinski definition) is 3. The fourth-order valence-electron chi connectivity index (χ4n) is 2.63. The molecule has 1 aromatic carbocycles. The zero-order chi connectivity index (χ0) is 14.5. The molecule has 0 spiro atoms. The van der Waals surface area contributed by atoms with E-state index in [4.69, 9.17) is 0 Å². The van der Waals surface area contributed by atoms with Crippen molar-refractivity contribution in [3.05, 3.63) is 35.4 Å². The Morgan fingerprint density at radius 3 is 2.65 bits per heavy atom. The Morgan fingerprint density at radius 1 is 1.15 bits per heavy atom. The predicted molar refractivity (Wildman–Crippen MR) is 72.2 cm³/mol. The molecule has 0 saturated heterocycles. The Balaban J connectivity index is 1.90. The molecule has 20 heavy (non-hydrogen) atoms. The molecule has 1 aromatic rings. The van der Waals surface area contributed by atoms with Crippen LogP contribution in [-0.4, -0.2) is 28.9 Å². The number of benzene rings is 1. The van der Waals surface area contributed by atoms with Gasteiger partial charge in [0.25, 0.3) is 0 Å². The van der Waals surface area contributed by atoms with E-state index in [0.717, 1.165) is 44.2 Å². The van der Waals surface area contributed by atoms with E-state index in [1.54, 1.807) is 0 Å². The molecular weight excluding hydrogens is 264 g/mol. The summed E-state index contributed by atoms with van der Waals surface area (Å²) in [5, 5.41) is 23.1. The Morgan fingerprint density at radius 2 is 1.90 bits per heavy atom. The first-order chi connectivity index (χ1) is 9.58. The van der Waals surface area contributed by atoms with E-state index < -0.39 is 23.8 Å². The van der Waals surface area contributed by atoms with Gasteiger partial charge in [-0.2, -0.15) is 0 Å². The molecule has 1 saturated carbocycles. The van der Waals surface area contributed by atoms with Gasteiger partial charge in [0.1, 0.15) is 0 Å². The van der Waals surface area contributed by atoms with Crippen molar-refractivity contribution in [3.8, 4) is 0 Å². The second kappa shape index (κ2) is 7.11. The molecule has 3 nitrogen and oxygen atoms in total. The number of aliphatic hydroxyl groups excluding tert-OH is 2. The van der Waals surface area contributed by atoms with Gasteiger partial charge in [0.05, 0.1) is 12.2 Å². The monoisotopic (exact) mass is 285 g/mol. The lowest BCUT2D eigenvalue weighted by Crippen LogP contribution is -2.41. The summed E-state index contributed by atoms with van der Waals surface area (Å²) in [6, 6.07) is 3.34. The van der Waals surface area contributed by atoms with Crippen molar-refractivity contribution in [2.24, 2.45) is 0 Å². The normalized spacial score (nSPS) is 25.2. The van der Waals surface area contributed by atoms with Gasteiger partial charge in [-0.1, -0.05) is 25.3 Å². The van der Waals surface area contributed by atoms with Gasteiger partial charge in [-0.15, -0.1) is 0 Å². The third-order valence-corrected chi connectivity index (χ3v) is 3.88. The van der Waals surface area contributed by atoms with Crippen LogP contribution < -0.4 is 5.32 Å². The SMILES string of the molecule is OC(CNC1CCCCCC1O)c1ccc(F)c(F)c1. The summed E-state index contributed by atoms with van der Waals surface area (Å²) in [5.74, 6) is -1.89. The second-order valence-corrected chi connectivity index (χ2v) is 5.41. The van der Waals surface area contributed by atoms with Gasteiger partial charge in [-0.25, -0.2) is 8.78 Å². The zero-order valence-corrected chi connectivity index (χ0v) is 11.4. The van der Waals surface area contributed by atoms with Gasteiger partial charge in [-0.05, 0) is 30.5 Å². The highest BCUT2D eigenvalue weighted by atomic mass is 19.2. The Labute approximate surface area is 117 Å². The van der Waals surface area contributed by atoms with E-state index >= 15 is 0 Å². The average Bonchev–Trinajstić information content (AvgIpc) is 2.64. The summed E-state index contributed by atoms with van der Waals surface area (Å²) in [5.41, 5.74) is 0.333. The molecule has 1 aliphatic carbocycles. The van der Waals surface area contributed by atoms with Crippen molar-refractivity contribution in [1.82, 2.24) is 5.32 Å². The Hall–Kier alpha value is -1.04. The largest absolute Gasteiger partial charge is 0.392 e. The first-order valence-corrected chi connectivity index (χ1v) is 7.12. The number of nitrogens with one attached hydrogen (secondary N) is 1. The predicted octanol–water partition coefficient (Wildman–Crippen LogP) is 2.28. The van der Waals surface area contributed by atoms with E-state index in [-0.39, 0.29) is 12.6 Å². The van der Waals surface area contributed by atoms with Crippen molar-refractivity contribution in [2.45, 2.75) is 50.4 Å². The lowest BCUT2D eigenvalue weighted by molar-refractivity contribution is 0.104. The van der Waals surface area contributed by atoms with Crippen molar-refractivity contribution < 1.29 is 19.0 Å². The van der Waals surface area contributed by atoms with E-state index in [1.807, 2.05) is 0 Å². The van der Waals surface area contributed by atoms with Crippen LogP contribution in [0.2, 0.25) is 0 Å². The number of aliphatic hydroxyl groups is 2. The van der Waals surface area contributed by atoms with Crippen LogP contribution in [0.5, 0.6) is 0 Å². The van der Waals surface area contributed by atoms with E-state index in [2.05, 4.69) is 5.32 Å². The van der Waals surface area contributed by atoms with Crippen LogP contribution in [0.15, 0.2) is 18.2 Å². The van der Waals surface area contributed by atoms with Gasteiger partial charge in [0, 0.05) is 12.6 Å². The van der Waals surface area contributed by atoms with Crippen molar-refractivity contribution in [1.29, 1.82) is 0 Å². The van der Waals surface area contributed by atoms with Crippen molar-refractivity contribution >= 4 is 0 Å². The van der Waals surface area contributed by atoms with Crippen LogP contribution >= 0.6 is 0 Å². The van der Waals surface area contributed by atoms with Gasteiger partial charge >= 0.3 is 0 Å². The highest BCUT2D eigenvalue weighted by molar-refractivity contribution is 5.20. The molecule has 2 rings (SSSR count). The molecule has 112 valence electrons. The molecular formula is C15H21F2NO2. The summed E-state index contributed by atoms with van der Waals surface area (Å²) in [4.78, 5) is 0. The minimum Gasteiger partial charge on any atom is -0.392 e. The van der Waals surface area contributed by atoms with Crippen molar-refractivity contribution in [2.75, 3.05) is 6.54 Å². The first-order valence-electron chi connectivity index (χ1n) is 7.12. The van der Waals surface area contributed by atoms with Gasteiger partial charge in [0.2, 0.25) is 0 Å². The molecule has 0 bridgehead atoms. The van der Waals surface area contributed by atoms with E-state index in [1.165, 1.54) is 6.07 Å². The van der Waals surface area contributed by atoms with Crippen LogP contribution in [0.3, 0.4) is 0 Å². The zero-order valence-electron chi connectivity index (χ0n) is 11.4. The summed E-state index contributed by atoms with van der Waals surface area (Å²) < 4.78 is 25.9. The minimum atomic E-state index is -0.962. The number of rotatable bonds is 4. The maximum atomic E-state index is 13.1. The summed E-state index contributed by atoms with van der Waals surface area (Å²) >= 11 is 0. The fraction of sp³-hybridized carbons (Fsp3) is 0.600. The highest BCUT2D eigenvalue weighted by Crippen LogP contribution is 2.20. The summed E-state index contributed by atoms with van der Waals surface area (Å²) in [7, 11) is 0. The average molecular weight is 285 g/mol. The van der Waals surface area contributed by atoms with Crippen LogP contribution in [0.25, 0.3) is 0 Å². The molecule has 0 aliphatic heterocycles. The third-order valence-electron chi connectivity index (χ3n) is 3.88. The standard InChI is InChI=1S/C15H21F2NO2/c16-11-7-6-10(8-12(11)17)15(20)9-18-13-4-2-1-3-5-14(13)19/h6-8,13-15,18-20H,1-5,9H2. The molecule has 1 fully saturated rings. The second-order valence-electron chi connectivity index (χ2n) is 5.41. The quantitative estimate of drug-likeness (QED) is 0.744. The lowest BCUT2D eigenvalue weighted by atomic mass is 10.0. The van der Waals surface area contributed by atoms with Crippen LogP contribution in [0.4, 0.5) is 8.78 Å². The molecule has 0 aromatic heterocycles. The smallest absolute Gasteiger partial charge is 0.159 e. The van der Waals surface area contributed by atoms with Gasteiger partial charge < -0.3 is 15.5 Å². The highest BCUT2D eigenvalue weighted by Gasteiger charge is 2.22. The maximum Gasteiger partial charge on any atom is 0.159 e. The number of hydrogen-bond donors (Lipinski definition) is 3. The Bertz CT molecular complexity index is 442. The third kappa shape index (κ3) is 3.98. The summed E-state index contributed by atoms with van der Waals surface area (Å²) in [6.45, 7) is 0.215. The Kier molecular flexibility index (Phi) is 5.46. The molecule has 5 heteroatoms. The molecule has 3 N–H and O–H groups in total. The minimum absolute atomic E-state index is 0.0440. The van der Waals surface area contributed by atoms with E-state index in [9.17, 15) is 19.0 Å². The molecule has 0 radical (unpaired) electrons. The first kappa shape index (κ1) is 15.4. The maximum absolute atomic E-state index is 13.1. The van der Waals surface area contributed by atoms with Crippen LogP contribution in [-0.2, 0) is 0 Å². The van der Waals surface area contributed by atoms with Gasteiger partial charge in [-0.3, -0.25) is 0 Å². The van der Waals surface area contributed by atoms with Crippen molar-refractivity contribution in [3.63, 3.8) is 0 Å². The molecule has 0 heterocycles.